The zero-order valence-electron chi connectivity index (χ0n) is 13.5. The Labute approximate surface area is 126 Å². The average molecular weight is 297 g/mol. The van der Waals surface area contributed by atoms with Crippen molar-refractivity contribution < 1.29 is 9.47 Å². The number of aromatic nitrogens is 3. The lowest BCUT2D eigenvalue weighted by atomic mass is 10.3. The van der Waals surface area contributed by atoms with Gasteiger partial charge in [-0.15, -0.1) is 5.10 Å². The average Bonchev–Trinajstić information content (AvgIpc) is 3.09. The van der Waals surface area contributed by atoms with Crippen molar-refractivity contribution in [1.29, 1.82) is 0 Å². The predicted molar refractivity (Wildman–Crippen MR) is 80.0 cm³/mol. The molecule has 2 heterocycles. The second-order valence-corrected chi connectivity index (χ2v) is 5.82. The van der Waals surface area contributed by atoms with Gasteiger partial charge < -0.3 is 14.8 Å². The lowest BCUT2D eigenvalue weighted by Crippen LogP contribution is -2.27. The topological polar surface area (TPSA) is 64.4 Å². The Bertz CT molecular complexity index is 411. The van der Waals surface area contributed by atoms with Crippen LogP contribution in [0, 0.1) is 0 Å². The zero-order valence-corrected chi connectivity index (χ0v) is 13.5. The van der Waals surface area contributed by atoms with E-state index >= 15 is 0 Å². The van der Waals surface area contributed by atoms with Crippen LogP contribution >= 0.6 is 0 Å². The van der Waals surface area contributed by atoms with Crippen molar-refractivity contribution in [3.63, 3.8) is 0 Å². The highest BCUT2D eigenvalue weighted by Gasteiger charge is 2.32. The molecular formula is C14H27N5O2. The molecule has 1 aliphatic heterocycles. The van der Waals surface area contributed by atoms with E-state index in [0.717, 1.165) is 38.4 Å². The van der Waals surface area contributed by atoms with Crippen molar-refractivity contribution in [2.45, 2.75) is 45.2 Å². The first-order chi connectivity index (χ1) is 10.1. The van der Waals surface area contributed by atoms with E-state index in [1.165, 1.54) is 0 Å². The third kappa shape index (κ3) is 4.74. The molecule has 0 aliphatic carbocycles. The summed E-state index contributed by atoms with van der Waals surface area (Å²) in [7, 11) is 3.48. The van der Waals surface area contributed by atoms with Crippen LogP contribution in [0.2, 0.25) is 0 Å². The van der Waals surface area contributed by atoms with E-state index in [1.54, 1.807) is 14.2 Å². The van der Waals surface area contributed by atoms with E-state index in [1.807, 2.05) is 10.9 Å². The van der Waals surface area contributed by atoms with Crippen LogP contribution in [0.1, 0.15) is 19.5 Å². The fourth-order valence-electron chi connectivity index (χ4n) is 2.54. The van der Waals surface area contributed by atoms with Gasteiger partial charge in [-0.2, -0.15) is 0 Å². The smallest absolute Gasteiger partial charge is 0.0971 e. The van der Waals surface area contributed by atoms with Crippen LogP contribution in [0.5, 0.6) is 0 Å². The molecule has 7 nitrogen and oxygen atoms in total. The molecule has 1 fully saturated rings. The Morgan fingerprint density at radius 3 is 2.48 bits per heavy atom. The van der Waals surface area contributed by atoms with Gasteiger partial charge in [0.05, 0.1) is 24.4 Å². The molecular weight excluding hydrogens is 270 g/mol. The summed E-state index contributed by atoms with van der Waals surface area (Å²) in [6, 6.07) is 0.455. The monoisotopic (exact) mass is 297 g/mol. The molecule has 1 aromatic rings. The first kappa shape index (κ1) is 16.4. The standard InChI is InChI=1S/C14H27N5O2/c1-11(2)15-7-12-8-19(17-16-12)6-5-18-9-13(20-3)14(10-18)21-4/h8,11,13-15H,5-7,9-10H2,1-4H3. The summed E-state index contributed by atoms with van der Waals surface area (Å²) >= 11 is 0. The molecule has 0 amide bonds. The van der Waals surface area contributed by atoms with E-state index < -0.39 is 0 Å². The molecule has 2 unspecified atom stereocenters. The van der Waals surface area contributed by atoms with Crippen LogP contribution in [-0.4, -0.2) is 72.0 Å². The van der Waals surface area contributed by atoms with Gasteiger partial charge in [0, 0.05) is 52.6 Å². The molecule has 0 saturated carbocycles. The number of hydrogen-bond acceptors (Lipinski definition) is 6. The van der Waals surface area contributed by atoms with Crippen molar-refractivity contribution in [3.05, 3.63) is 11.9 Å². The molecule has 0 spiro atoms. The minimum Gasteiger partial charge on any atom is -0.377 e. The van der Waals surface area contributed by atoms with Gasteiger partial charge in [0.25, 0.3) is 0 Å². The second-order valence-electron chi connectivity index (χ2n) is 5.82. The molecule has 1 saturated heterocycles. The molecule has 1 aliphatic rings. The zero-order chi connectivity index (χ0) is 15.2. The maximum Gasteiger partial charge on any atom is 0.0971 e. The molecule has 7 heteroatoms. The van der Waals surface area contributed by atoms with E-state index in [9.17, 15) is 0 Å². The van der Waals surface area contributed by atoms with Crippen LogP contribution in [0.4, 0.5) is 0 Å². The number of nitrogens with zero attached hydrogens (tertiary/aromatic N) is 4. The highest BCUT2D eigenvalue weighted by Crippen LogP contribution is 2.15. The molecule has 0 bridgehead atoms. The van der Waals surface area contributed by atoms with Crippen LogP contribution in [0.15, 0.2) is 6.20 Å². The van der Waals surface area contributed by atoms with Gasteiger partial charge in [-0.25, -0.2) is 0 Å². The number of likely N-dealkylation sites (tertiary alicyclic amines) is 1. The molecule has 2 atom stereocenters. The summed E-state index contributed by atoms with van der Waals surface area (Å²) < 4.78 is 12.8. The van der Waals surface area contributed by atoms with Gasteiger partial charge >= 0.3 is 0 Å². The molecule has 0 radical (unpaired) electrons. The van der Waals surface area contributed by atoms with Crippen LogP contribution in [-0.2, 0) is 22.6 Å². The Balaban J connectivity index is 1.76. The number of rotatable bonds is 8. The van der Waals surface area contributed by atoms with E-state index in [-0.39, 0.29) is 12.2 Å². The predicted octanol–water partition coefficient (Wildman–Crippen LogP) is 0.122. The minimum absolute atomic E-state index is 0.163. The van der Waals surface area contributed by atoms with Gasteiger partial charge in [-0.3, -0.25) is 9.58 Å². The molecule has 1 N–H and O–H groups in total. The molecule has 21 heavy (non-hydrogen) atoms. The highest BCUT2D eigenvalue weighted by atomic mass is 16.5. The summed E-state index contributed by atoms with van der Waals surface area (Å²) in [6.07, 6.45) is 2.33. The van der Waals surface area contributed by atoms with Crippen molar-refractivity contribution >= 4 is 0 Å². The van der Waals surface area contributed by atoms with E-state index in [2.05, 4.69) is 34.4 Å². The number of hydrogen-bond donors (Lipinski definition) is 1. The number of methoxy groups -OCH3 is 2. The first-order valence-corrected chi connectivity index (χ1v) is 7.52. The number of nitrogens with one attached hydrogen (secondary N) is 1. The number of ether oxygens (including phenoxy) is 2. The van der Waals surface area contributed by atoms with Crippen molar-refractivity contribution in [1.82, 2.24) is 25.2 Å². The molecule has 1 aromatic heterocycles. The third-order valence-corrected chi connectivity index (χ3v) is 3.82. The summed E-state index contributed by atoms with van der Waals surface area (Å²) in [5.74, 6) is 0. The fraction of sp³-hybridized carbons (Fsp3) is 0.857. The van der Waals surface area contributed by atoms with Gasteiger partial charge in [0.15, 0.2) is 0 Å². The van der Waals surface area contributed by atoms with E-state index in [4.69, 9.17) is 9.47 Å². The van der Waals surface area contributed by atoms with Gasteiger partial charge in [-0.1, -0.05) is 19.1 Å². The maximum absolute atomic E-state index is 5.45. The molecule has 0 aromatic carbocycles. The third-order valence-electron chi connectivity index (χ3n) is 3.82. The summed E-state index contributed by atoms with van der Waals surface area (Å²) in [4.78, 5) is 2.34. The Morgan fingerprint density at radius 1 is 1.24 bits per heavy atom. The molecule has 2 rings (SSSR count). The normalized spacial score (nSPS) is 23.3. The Hall–Kier alpha value is -1.02. The lowest BCUT2D eigenvalue weighted by Gasteiger charge is -2.14. The van der Waals surface area contributed by atoms with Crippen molar-refractivity contribution in [3.8, 4) is 0 Å². The highest BCUT2D eigenvalue weighted by molar-refractivity contribution is 4.92. The summed E-state index contributed by atoms with van der Waals surface area (Å²) in [5, 5.41) is 11.7. The van der Waals surface area contributed by atoms with E-state index in [0.29, 0.717) is 6.04 Å². The fourth-order valence-corrected chi connectivity index (χ4v) is 2.54. The van der Waals surface area contributed by atoms with Gasteiger partial charge in [0.2, 0.25) is 0 Å². The van der Waals surface area contributed by atoms with Gasteiger partial charge in [0.1, 0.15) is 0 Å². The van der Waals surface area contributed by atoms with Crippen molar-refractivity contribution in [2.75, 3.05) is 33.9 Å². The van der Waals surface area contributed by atoms with Gasteiger partial charge in [-0.05, 0) is 0 Å². The van der Waals surface area contributed by atoms with Crippen LogP contribution in [0.3, 0.4) is 0 Å². The summed E-state index contributed by atoms with van der Waals surface area (Å²) in [5.41, 5.74) is 0.981. The lowest BCUT2D eigenvalue weighted by molar-refractivity contribution is -0.00461. The maximum atomic E-state index is 5.45. The quantitative estimate of drug-likeness (QED) is 0.735. The largest absolute Gasteiger partial charge is 0.377 e. The SMILES string of the molecule is COC1CN(CCn2cc(CNC(C)C)nn2)CC1OC. The second kappa shape index (κ2) is 7.84. The minimum atomic E-state index is 0.163. The first-order valence-electron chi connectivity index (χ1n) is 7.52. The van der Waals surface area contributed by atoms with Crippen LogP contribution < -0.4 is 5.32 Å². The Kier molecular flexibility index (Phi) is 6.10. The van der Waals surface area contributed by atoms with Crippen molar-refractivity contribution in [2.24, 2.45) is 0 Å². The Morgan fingerprint density at radius 2 is 1.90 bits per heavy atom. The van der Waals surface area contributed by atoms with Crippen LogP contribution in [0.25, 0.3) is 0 Å². The molecule has 120 valence electrons. The summed E-state index contributed by atoms with van der Waals surface area (Å²) in [6.45, 7) is 8.59.